The zero-order chi connectivity index (χ0) is 17.2. The molecule has 136 valence electrons. The molecule has 0 saturated carbocycles. The highest BCUT2D eigenvalue weighted by Gasteiger charge is 2.09. The van der Waals surface area contributed by atoms with Crippen LogP contribution in [0.3, 0.4) is 0 Å². The normalized spacial score (nSPS) is 16.6. The van der Waals surface area contributed by atoms with Gasteiger partial charge in [0.05, 0.1) is 25.5 Å². The Kier molecular flexibility index (Phi) is 8.49. The molecule has 0 radical (unpaired) electrons. The van der Waals surface area contributed by atoms with E-state index in [9.17, 15) is 0 Å². The molecule has 2 N–H and O–H groups in total. The summed E-state index contributed by atoms with van der Waals surface area (Å²) in [5, 5.41) is 9.93. The second kappa shape index (κ2) is 10.6. The quantitative estimate of drug-likeness (QED) is 0.425. The molecule has 6 nitrogen and oxygen atoms in total. The fourth-order valence-electron chi connectivity index (χ4n) is 2.49. The van der Waals surface area contributed by atoms with Crippen LogP contribution in [0.2, 0.25) is 0 Å². The summed E-state index contributed by atoms with van der Waals surface area (Å²) in [5.41, 5.74) is 1.16. The lowest BCUT2D eigenvalue weighted by Crippen LogP contribution is -2.40. The van der Waals surface area contributed by atoms with Crippen molar-refractivity contribution in [2.24, 2.45) is 4.99 Å². The van der Waals surface area contributed by atoms with Gasteiger partial charge in [-0.05, 0) is 25.8 Å². The van der Waals surface area contributed by atoms with Gasteiger partial charge in [0.1, 0.15) is 5.01 Å². The van der Waals surface area contributed by atoms with Crippen molar-refractivity contribution in [3.63, 3.8) is 0 Å². The van der Waals surface area contributed by atoms with Gasteiger partial charge in [-0.15, -0.1) is 11.3 Å². The molecule has 24 heavy (non-hydrogen) atoms. The van der Waals surface area contributed by atoms with Crippen LogP contribution in [-0.4, -0.2) is 61.8 Å². The molecule has 7 heteroatoms. The molecule has 0 aromatic carbocycles. The Hall–Kier alpha value is -1.18. The molecule has 0 unspecified atom stereocenters. The van der Waals surface area contributed by atoms with Gasteiger partial charge in [0.2, 0.25) is 0 Å². The molecule has 1 aromatic heterocycles. The molecule has 1 aliphatic rings. The van der Waals surface area contributed by atoms with Crippen LogP contribution in [0.15, 0.2) is 10.4 Å². The van der Waals surface area contributed by atoms with E-state index in [1.165, 1.54) is 0 Å². The van der Waals surface area contributed by atoms with Gasteiger partial charge in [0, 0.05) is 31.6 Å². The average molecular weight is 354 g/mol. The summed E-state index contributed by atoms with van der Waals surface area (Å²) >= 11 is 1.69. The predicted molar refractivity (Wildman–Crippen MR) is 101 cm³/mol. The molecule has 0 aliphatic carbocycles. The first kappa shape index (κ1) is 19.1. The lowest BCUT2D eigenvalue weighted by molar-refractivity contribution is 0.0376. The van der Waals surface area contributed by atoms with E-state index in [-0.39, 0.29) is 0 Å². The maximum Gasteiger partial charge on any atom is 0.191 e. The fourth-order valence-corrected chi connectivity index (χ4v) is 3.36. The van der Waals surface area contributed by atoms with Crippen molar-refractivity contribution in [2.45, 2.75) is 39.7 Å². The number of nitrogens with one attached hydrogen (secondary N) is 2. The van der Waals surface area contributed by atoms with Crippen LogP contribution in [0.25, 0.3) is 0 Å². The van der Waals surface area contributed by atoms with Gasteiger partial charge in [0.25, 0.3) is 0 Å². The maximum absolute atomic E-state index is 5.38. The molecular formula is C17H31N5OS. The summed E-state index contributed by atoms with van der Waals surface area (Å²) in [4.78, 5) is 11.7. The van der Waals surface area contributed by atoms with Gasteiger partial charge in [-0.25, -0.2) is 9.98 Å². The van der Waals surface area contributed by atoms with Gasteiger partial charge in [-0.1, -0.05) is 13.8 Å². The smallest absolute Gasteiger partial charge is 0.191 e. The number of rotatable bonds is 8. The second-order valence-electron chi connectivity index (χ2n) is 6.25. The first-order valence-corrected chi connectivity index (χ1v) is 9.83. The van der Waals surface area contributed by atoms with Crippen LogP contribution in [0, 0.1) is 0 Å². The topological polar surface area (TPSA) is 61.8 Å². The molecule has 0 atom stereocenters. The first-order chi connectivity index (χ1) is 11.7. The third kappa shape index (κ3) is 6.75. The lowest BCUT2D eigenvalue weighted by atomic mass is 10.2. The Morgan fingerprint density at radius 2 is 2.17 bits per heavy atom. The van der Waals surface area contributed by atoms with Crippen molar-refractivity contribution < 1.29 is 4.74 Å². The molecule has 1 fully saturated rings. The van der Waals surface area contributed by atoms with Crippen LogP contribution >= 0.6 is 11.3 Å². The molecule has 1 aromatic rings. The molecule has 2 rings (SSSR count). The number of hydrogen-bond donors (Lipinski definition) is 2. The van der Waals surface area contributed by atoms with Gasteiger partial charge in [-0.3, -0.25) is 4.90 Å². The van der Waals surface area contributed by atoms with E-state index in [2.05, 4.69) is 51.7 Å². The minimum absolute atomic E-state index is 0.477. The third-order valence-corrected chi connectivity index (χ3v) is 4.78. The number of nitrogens with zero attached hydrogens (tertiary/aromatic N) is 3. The van der Waals surface area contributed by atoms with Crippen LogP contribution in [0.4, 0.5) is 0 Å². The summed E-state index contributed by atoms with van der Waals surface area (Å²) in [6.07, 6.45) is 1.11. The van der Waals surface area contributed by atoms with E-state index < -0.39 is 0 Å². The fraction of sp³-hybridized carbons (Fsp3) is 0.765. The number of hydrogen-bond acceptors (Lipinski definition) is 5. The Morgan fingerprint density at radius 1 is 1.38 bits per heavy atom. The summed E-state index contributed by atoms with van der Waals surface area (Å²) in [5.74, 6) is 1.35. The molecule has 0 spiro atoms. The Bertz CT molecular complexity index is 497. The standard InChI is InChI=1S/C17H31N5OS/c1-4-18-17(19-6-5-7-22-8-10-23-11-9-22)20-12-16-21-15(13-24-16)14(2)3/h13-14H,4-12H2,1-3H3,(H2,18,19,20). The largest absolute Gasteiger partial charge is 0.379 e. The van der Waals surface area contributed by atoms with Crippen molar-refractivity contribution in [3.8, 4) is 0 Å². The third-order valence-electron chi connectivity index (χ3n) is 3.92. The van der Waals surface area contributed by atoms with Gasteiger partial charge in [-0.2, -0.15) is 0 Å². The van der Waals surface area contributed by atoms with E-state index >= 15 is 0 Å². The van der Waals surface area contributed by atoms with E-state index in [0.29, 0.717) is 12.5 Å². The van der Waals surface area contributed by atoms with Crippen LogP contribution in [-0.2, 0) is 11.3 Å². The van der Waals surface area contributed by atoms with Crippen molar-refractivity contribution in [1.29, 1.82) is 0 Å². The highest BCUT2D eigenvalue weighted by Crippen LogP contribution is 2.18. The monoisotopic (exact) mass is 353 g/mol. The molecule has 0 amide bonds. The highest BCUT2D eigenvalue weighted by molar-refractivity contribution is 7.09. The number of morpholine rings is 1. The Labute approximate surface area is 149 Å². The predicted octanol–water partition coefficient (Wildman–Crippen LogP) is 2.04. The summed E-state index contributed by atoms with van der Waals surface area (Å²) in [6, 6.07) is 0. The van der Waals surface area contributed by atoms with E-state index in [4.69, 9.17) is 4.74 Å². The Balaban J connectivity index is 1.73. The van der Waals surface area contributed by atoms with Crippen LogP contribution in [0.1, 0.15) is 43.8 Å². The molecule has 0 bridgehead atoms. The van der Waals surface area contributed by atoms with Crippen molar-refractivity contribution in [1.82, 2.24) is 20.5 Å². The molecular weight excluding hydrogens is 322 g/mol. The molecule has 2 heterocycles. The van der Waals surface area contributed by atoms with Crippen molar-refractivity contribution >= 4 is 17.3 Å². The summed E-state index contributed by atoms with van der Waals surface area (Å²) in [7, 11) is 0. The van der Waals surface area contributed by atoms with Crippen LogP contribution < -0.4 is 10.6 Å². The van der Waals surface area contributed by atoms with Gasteiger partial charge < -0.3 is 15.4 Å². The first-order valence-electron chi connectivity index (χ1n) is 8.95. The van der Waals surface area contributed by atoms with Crippen molar-refractivity contribution in [2.75, 3.05) is 45.9 Å². The number of aliphatic imine (C=N–C) groups is 1. The lowest BCUT2D eigenvalue weighted by Gasteiger charge is -2.26. The van der Waals surface area contributed by atoms with E-state index in [1.54, 1.807) is 11.3 Å². The van der Waals surface area contributed by atoms with Gasteiger partial charge in [0.15, 0.2) is 5.96 Å². The minimum Gasteiger partial charge on any atom is -0.379 e. The van der Waals surface area contributed by atoms with Crippen LogP contribution in [0.5, 0.6) is 0 Å². The number of aromatic nitrogens is 1. The number of thiazole rings is 1. The maximum atomic E-state index is 5.38. The number of guanidine groups is 1. The SMILES string of the molecule is CCNC(=NCc1nc(C(C)C)cs1)NCCCN1CCOCC1. The van der Waals surface area contributed by atoms with E-state index in [1.807, 2.05) is 0 Å². The zero-order valence-electron chi connectivity index (χ0n) is 15.2. The molecule has 1 saturated heterocycles. The molecule has 1 aliphatic heterocycles. The zero-order valence-corrected chi connectivity index (χ0v) is 16.0. The second-order valence-corrected chi connectivity index (χ2v) is 7.19. The van der Waals surface area contributed by atoms with E-state index in [0.717, 1.165) is 69.0 Å². The average Bonchev–Trinajstić information content (AvgIpc) is 3.06. The van der Waals surface area contributed by atoms with Gasteiger partial charge >= 0.3 is 0 Å². The summed E-state index contributed by atoms with van der Waals surface area (Å²) in [6.45, 7) is 13.8. The van der Waals surface area contributed by atoms with Crippen molar-refractivity contribution in [3.05, 3.63) is 16.1 Å². The number of ether oxygens (including phenoxy) is 1. The summed E-state index contributed by atoms with van der Waals surface area (Å²) < 4.78 is 5.38. The minimum atomic E-state index is 0.477. The Morgan fingerprint density at radius 3 is 2.83 bits per heavy atom. The highest BCUT2D eigenvalue weighted by atomic mass is 32.1.